The van der Waals surface area contributed by atoms with Crippen LogP contribution in [0.1, 0.15) is 20.8 Å². The zero-order valence-electron chi connectivity index (χ0n) is 14.9. The third-order valence-electron chi connectivity index (χ3n) is 4.05. The Morgan fingerprint density at radius 2 is 1.74 bits per heavy atom. The van der Waals surface area contributed by atoms with Gasteiger partial charge in [-0.1, -0.05) is 60.2 Å². The van der Waals surface area contributed by atoms with Gasteiger partial charge in [0.1, 0.15) is 4.88 Å². The number of aryl methyl sites for hydroxylation is 1. The van der Waals surface area contributed by atoms with Crippen molar-refractivity contribution < 1.29 is 14.7 Å². The maximum Gasteiger partial charge on any atom is 0.348 e. The first kappa shape index (κ1) is 18.7. The van der Waals surface area contributed by atoms with Crippen molar-refractivity contribution in [1.82, 2.24) is 5.32 Å². The first-order valence-corrected chi connectivity index (χ1v) is 9.37. The van der Waals surface area contributed by atoms with E-state index in [4.69, 9.17) is 0 Å². The molecule has 3 rings (SSSR count). The molecule has 0 aliphatic rings. The number of hydrogen-bond donors (Lipinski definition) is 3. The summed E-state index contributed by atoms with van der Waals surface area (Å²) in [7, 11) is 0. The van der Waals surface area contributed by atoms with Crippen molar-refractivity contribution in [3.8, 4) is 10.4 Å². The Hall–Kier alpha value is -3.12. The van der Waals surface area contributed by atoms with E-state index in [2.05, 4.69) is 10.6 Å². The smallest absolute Gasteiger partial charge is 0.348 e. The number of urea groups is 1. The second-order valence-corrected chi connectivity index (χ2v) is 7.19. The van der Waals surface area contributed by atoms with Gasteiger partial charge in [0.05, 0.1) is 5.69 Å². The minimum absolute atomic E-state index is 0.115. The van der Waals surface area contributed by atoms with E-state index in [1.807, 2.05) is 61.5 Å². The maximum atomic E-state index is 12.2. The average Bonchev–Trinajstić information content (AvgIpc) is 3.07. The molecular formula is C21H20N2O3S. The fourth-order valence-corrected chi connectivity index (χ4v) is 3.59. The molecule has 0 fully saturated rings. The number of thiophene rings is 1. The van der Waals surface area contributed by atoms with Crippen LogP contribution in [-0.2, 0) is 6.42 Å². The monoisotopic (exact) mass is 380 g/mol. The van der Waals surface area contributed by atoms with Crippen molar-refractivity contribution in [2.75, 3.05) is 11.9 Å². The molecule has 0 saturated carbocycles. The van der Waals surface area contributed by atoms with Crippen molar-refractivity contribution in [1.29, 1.82) is 0 Å². The van der Waals surface area contributed by atoms with Crippen LogP contribution in [-0.4, -0.2) is 23.7 Å². The van der Waals surface area contributed by atoms with Gasteiger partial charge in [-0.15, -0.1) is 11.3 Å². The number of hydrogen-bond acceptors (Lipinski definition) is 3. The van der Waals surface area contributed by atoms with Crippen LogP contribution in [0.25, 0.3) is 10.4 Å². The first-order chi connectivity index (χ1) is 13.0. The molecule has 3 aromatic rings. The van der Waals surface area contributed by atoms with Crippen LogP contribution in [0, 0.1) is 6.92 Å². The van der Waals surface area contributed by atoms with Gasteiger partial charge in [0.25, 0.3) is 0 Å². The van der Waals surface area contributed by atoms with E-state index in [0.29, 0.717) is 18.7 Å². The molecule has 0 spiro atoms. The summed E-state index contributed by atoms with van der Waals surface area (Å²) in [5.41, 5.74) is 3.48. The van der Waals surface area contributed by atoms with Crippen molar-refractivity contribution in [2.45, 2.75) is 13.3 Å². The molecular weight excluding hydrogens is 360 g/mol. The molecule has 0 aliphatic heterocycles. The molecule has 0 aliphatic carbocycles. The average molecular weight is 380 g/mol. The predicted octanol–water partition coefficient (Wildman–Crippen LogP) is 4.79. The SMILES string of the molecule is Cc1ccc(-c2cc(NC(=O)NCCc3ccccc3)c(C(=O)O)s2)cc1. The number of carbonyl (C=O) groups is 2. The van der Waals surface area contributed by atoms with Crippen LogP contribution in [0.4, 0.5) is 10.5 Å². The summed E-state index contributed by atoms with van der Waals surface area (Å²) in [5.74, 6) is -1.06. The van der Waals surface area contributed by atoms with Crippen LogP contribution >= 0.6 is 11.3 Å². The van der Waals surface area contributed by atoms with E-state index < -0.39 is 12.0 Å². The van der Waals surface area contributed by atoms with Gasteiger partial charge in [-0.05, 0) is 30.5 Å². The Kier molecular flexibility index (Phi) is 5.88. The number of rotatable bonds is 6. The van der Waals surface area contributed by atoms with Crippen LogP contribution in [0.5, 0.6) is 0 Å². The fourth-order valence-electron chi connectivity index (χ4n) is 2.63. The Bertz CT molecular complexity index is 934. The van der Waals surface area contributed by atoms with Crippen LogP contribution in [0.3, 0.4) is 0 Å². The van der Waals surface area contributed by atoms with E-state index >= 15 is 0 Å². The summed E-state index contributed by atoms with van der Waals surface area (Å²) in [6, 6.07) is 18.9. The summed E-state index contributed by atoms with van der Waals surface area (Å²) in [6.45, 7) is 2.46. The molecule has 2 amide bonds. The van der Waals surface area contributed by atoms with E-state index in [0.717, 1.165) is 32.9 Å². The zero-order chi connectivity index (χ0) is 19.2. The molecule has 6 heteroatoms. The second-order valence-electron chi connectivity index (χ2n) is 6.14. The van der Waals surface area contributed by atoms with Crippen LogP contribution < -0.4 is 10.6 Å². The lowest BCUT2D eigenvalue weighted by Gasteiger charge is -2.07. The van der Waals surface area contributed by atoms with E-state index in [1.165, 1.54) is 0 Å². The molecule has 0 saturated heterocycles. The number of amides is 2. The van der Waals surface area contributed by atoms with Crippen LogP contribution in [0.2, 0.25) is 0 Å². The van der Waals surface area contributed by atoms with Gasteiger partial charge < -0.3 is 15.7 Å². The van der Waals surface area contributed by atoms with Gasteiger partial charge >= 0.3 is 12.0 Å². The largest absolute Gasteiger partial charge is 0.477 e. The molecule has 2 aromatic carbocycles. The molecule has 1 heterocycles. The Labute approximate surface area is 161 Å². The number of carboxylic acid groups (broad SMARTS) is 1. The molecule has 3 N–H and O–H groups in total. The van der Waals surface area contributed by atoms with Crippen molar-refractivity contribution in [2.24, 2.45) is 0 Å². The maximum absolute atomic E-state index is 12.2. The Balaban J connectivity index is 1.67. The zero-order valence-corrected chi connectivity index (χ0v) is 15.7. The highest BCUT2D eigenvalue weighted by molar-refractivity contribution is 7.18. The van der Waals surface area contributed by atoms with Gasteiger partial charge in [0.2, 0.25) is 0 Å². The normalized spacial score (nSPS) is 10.4. The topological polar surface area (TPSA) is 78.4 Å². The number of aromatic carboxylic acids is 1. The minimum atomic E-state index is -1.06. The summed E-state index contributed by atoms with van der Waals surface area (Å²) < 4.78 is 0. The van der Waals surface area contributed by atoms with Crippen molar-refractivity contribution in [3.05, 3.63) is 76.7 Å². The molecule has 27 heavy (non-hydrogen) atoms. The minimum Gasteiger partial charge on any atom is -0.477 e. The number of carbonyl (C=O) groups excluding carboxylic acids is 1. The fraction of sp³-hybridized carbons (Fsp3) is 0.143. The standard InChI is InChI=1S/C21H20N2O3S/c1-14-7-9-16(10-8-14)18-13-17(19(27-18)20(24)25)23-21(26)22-12-11-15-5-3-2-4-6-15/h2-10,13H,11-12H2,1H3,(H,24,25)(H2,22,23,26). The highest BCUT2D eigenvalue weighted by Gasteiger charge is 2.18. The summed E-state index contributed by atoms with van der Waals surface area (Å²) >= 11 is 1.15. The second kappa shape index (κ2) is 8.51. The van der Waals surface area contributed by atoms with Gasteiger partial charge in [0.15, 0.2) is 0 Å². The third kappa shape index (κ3) is 4.95. The van der Waals surface area contributed by atoms with E-state index in [-0.39, 0.29) is 4.88 Å². The van der Waals surface area contributed by atoms with Crippen LogP contribution in [0.15, 0.2) is 60.7 Å². The molecule has 5 nitrogen and oxygen atoms in total. The van der Waals surface area contributed by atoms with E-state index in [9.17, 15) is 14.7 Å². The molecule has 0 atom stereocenters. The predicted molar refractivity (Wildman–Crippen MR) is 109 cm³/mol. The first-order valence-electron chi connectivity index (χ1n) is 8.56. The van der Waals surface area contributed by atoms with E-state index in [1.54, 1.807) is 6.07 Å². The Morgan fingerprint density at radius 1 is 1.04 bits per heavy atom. The van der Waals surface area contributed by atoms with Gasteiger partial charge in [-0.3, -0.25) is 0 Å². The third-order valence-corrected chi connectivity index (χ3v) is 5.22. The van der Waals surface area contributed by atoms with Crippen molar-refractivity contribution >= 4 is 29.0 Å². The number of nitrogens with one attached hydrogen (secondary N) is 2. The van der Waals surface area contributed by atoms with Gasteiger partial charge in [-0.2, -0.15) is 0 Å². The summed E-state index contributed by atoms with van der Waals surface area (Å²) in [5, 5.41) is 14.9. The highest BCUT2D eigenvalue weighted by Crippen LogP contribution is 2.35. The van der Waals surface area contributed by atoms with Gasteiger partial charge in [0, 0.05) is 11.4 Å². The lowest BCUT2D eigenvalue weighted by molar-refractivity contribution is 0.0703. The quantitative estimate of drug-likeness (QED) is 0.575. The summed E-state index contributed by atoms with van der Waals surface area (Å²) in [4.78, 5) is 24.6. The molecule has 0 unspecified atom stereocenters. The summed E-state index contributed by atoms with van der Waals surface area (Å²) in [6.07, 6.45) is 0.707. The molecule has 138 valence electrons. The number of anilines is 1. The number of carboxylic acids is 1. The number of benzene rings is 2. The van der Waals surface area contributed by atoms with Gasteiger partial charge in [-0.25, -0.2) is 9.59 Å². The lowest BCUT2D eigenvalue weighted by Crippen LogP contribution is -2.30. The molecule has 1 aromatic heterocycles. The lowest BCUT2D eigenvalue weighted by atomic mass is 10.1. The molecule has 0 radical (unpaired) electrons. The molecule has 0 bridgehead atoms. The highest BCUT2D eigenvalue weighted by atomic mass is 32.1. The Morgan fingerprint density at radius 3 is 2.41 bits per heavy atom. The van der Waals surface area contributed by atoms with Crippen molar-refractivity contribution in [3.63, 3.8) is 0 Å².